The summed E-state index contributed by atoms with van der Waals surface area (Å²) in [5.41, 5.74) is 6.46. The van der Waals surface area contributed by atoms with Crippen molar-refractivity contribution in [3.05, 3.63) is 18.2 Å². The maximum Gasteiger partial charge on any atom is 0.316 e. The predicted molar refractivity (Wildman–Crippen MR) is 74.0 cm³/mol. The number of benzene rings is 1. The molecular formula is C13H19NO3S. The molecule has 0 saturated heterocycles. The van der Waals surface area contributed by atoms with E-state index in [-0.39, 0.29) is 11.7 Å². The predicted octanol–water partition coefficient (Wildman–Crippen LogP) is 2.71. The molecule has 2 N–H and O–H groups in total. The molecule has 100 valence electrons. The zero-order valence-electron chi connectivity index (χ0n) is 10.8. The van der Waals surface area contributed by atoms with E-state index >= 15 is 0 Å². The van der Waals surface area contributed by atoms with Crippen molar-refractivity contribution in [2.45, 2.75) is 24.7 Å². The second-order valence-corrected chi connectivity index (χ2v) is 4.78. The number of carbonyl (C=O) groups is 1. The third-order valence-electron chi connectivity index (χ3n) is 2.33. The topological polar surface area (TPSA) is 61.5 Å². The van der Waals surface area contributed by atoms with Crippen LogP contribution in [0.15, 0.2) is 23.1 Å². The van der Waals surface area contributed by atoms with Gasteiger partial charge in [-0.15, -0.1) is 11.8 Å². The van der Waals surface area contributed by atoms with Gasteiger partial charge in [-0.05, 0) is 24.6 Å². The molecule has 0 aliphatic carbocycles. The van der Waals surface area contributed by atoms with Gasteiger partial charge in [0.2, 0.25) is 0 Å². The summed E-state index contributed by atoms with van der Waals surface area (Å²) < 4.78 is 10.2. The number of esters is 1. The van der Waals surface area contributed by atoms with Crippen molar-refractivity contribution in [3.8, 4) is 5.75 Å². The molecule has 0 spiro atoms. The Bertz CT molecular complexity index is 396. The summed E-state index contributed by atoms with van der Waals surface area (Å²) in [6.45, 7) is 2.54. The summed E-state index contributed by atoms with van der Waals surface area (Å²) in [5.74, 6) is 0.780. The molecule has 0 atom stereocenters. The molecule has 0 aliphatic heterocycles. The fraction of sp³-hybridized carbons (Fsp3) is 0.462. The normalized spacial score (nSPS) is 10.1. The fourth-order valence-corrected chi connectivity index (χ4v) is 2.07. The highest BCUT2D eigenvalue weighted by Gasteiger charge is 2.07. The number of anilines is 1. The van der Waals surface area contributed by atoms with Crippen LogP contribution in [0.1, 0.15) is 19.8 Å². The molecule has 1 rings (SSSR count). The van der Waals surface area contributed by atoms with Gasteiger partial charge in [-0.1, -0.05) is 13.3 Å². The number of rotatable bonds is 7. The van der Waals surface area contributed by atoms with Crippen LogP contribution in [0.4, 0.5) is 5.69 Å². The van der Waals surface area contributed by atoms with Crippen LogP contribution < -0.4 is 10.5 Å². The van der Waals surface area contributed by atoms with Crippen molar-refractivity contribution in [2.75, 3.05) is 25.2 Å². The Morgan fingerprint density at radius 2 is 2.22 bits per heavy atom. The molecule has 1 aromatic rings. The summed E-state index contributed by atoms with van der Waals surface area (Å²) in [6, 6.07) is 5.38. The molecule has 0 unspecified atom stereocenters. The SMILES string of the molecule is CCCCOC(=O)CSc1cc(OC)ccc1N. The van der Waals surface area contributed by atoms with E-state index in [0.717, 1.165) is 23.5 Å². The van der Waals surface area contributed by atoms with Crippen molar-refractivity contribution in [2.24, 2.45) is 0 Å². The van der Waals surface area contributed by atoms with E-state index < -0.39 is 0 Å². The molecule has 0 bridgehead atoms. The van der Waals surface area contributed by atoms with Crippen LogP contribution in [0.5, 0.6) is 5.75 Å². The van der Waals surface area contributed by atoms with Gasteiger partial charge in [-0.3, -0.25) is 4.79 Å². The molecule has 1 aromatic carbocycles. The van der Waals surface area contributed by atoms with Gasteiger partial charge in [-0.2, -0.15) is 0 Å². The first-order valence-corrected chi connectivity index (χ1v) is 6.88. The van der Waals surface area contributed by atoms with Gasteiger partial charge in [0.05, 0.1) is 19.5 Å². The Hall–Kier alpha value is -1.36. The first kappa shape index (κ1) is 14.7. The van der Waals surface area contributed by atoms with Crippen molar-refractivity contribution >= 4 is 23.4 Å². The number of nitrogen functional groups attached to an aromatic ring is 1. The lowest BCUT2D eigenvalue weighted by atomic mass is 10.3. The van der Waals surface area contributed by atoms with E-state index in [4.69, 9.17) is 15.2 Å². The van der Waals surface area contributed by atoms with Crippen LogP contribution in [0.2, 0.25) is 0 Å². The first-order chi connectivity index (χ1) is 8.67. The fourth-order valence-electron chi connectivity index (χ4n) is 1.28. The third-order valence-corrected chi connectivity index (χ3v) is 3.37. The summed E-state index contributed by atoms with van der Waals surface area (Å²) in [7, 11) is 1.60. The smallest absolute Gasteiger partial charge is 0.316 e. The van der Waals surface area contributed by atoms with E-state index in [9.17, 15) is 4.79 Å². The number of nitrogens with two attached hydrogens (primary N) is 1. The highest BCUT2D eigenvalue weighted by molar-refractivity contribution is 8.00. The lowest BCUT2D eigenvalue weighted by Crippen LogP contribution is -2.08. The average molecular weight is 269 g/mol. The van der Waals surface area contributed by atoms with E-state index in [2.05, 4.69) is 6.92 Å². The number of unbranched alkanes of at least 4 members (excludes halogenated alkanes) is 1. The number of hydrogen-bond donors (Lipinski definition) is 1. The Labute approximate surface area is 112 Å². The molecule has 4 nitrogen and oxygen atoms in total. The van der Waals surface area contributed by atoms with E-state index in [0.29, 0.717) is 12.3 Å². The maximum absolute atomic E-state index is 11.4. The number of thioether (sulfide) groups is 1. The molecule has 0 aromatic heterocycles. The zero-order chi connectivity index (χ0) is 13.4. The first-order valence-electron chi connectivity index (χ1n) is 5.89. The Kier molecular flexibility index (Phi) is 6.43. The lowest BCUT2D eigenvalue weighted by molar-refractivity contribution is -0.140. The monoisotopic (exact) mass is 269 g/mol. The molecule has 0 amide bonds. The van der Waals surface area contributed by atoms with Gasteiger partial charge < -0.3 is 15.2 Å². The molecule has 0 radical (unpaired) electrons. The second kappa shape index (κ2) is 7.87. The maximum atomic E-state index is 11.4. The minimum Gasteiger partial charge on any atom is -0.497 e. The van der Waals surface area contributed by atoms with E-state index in [1.807, 2.05) is 6.07 Å². The highest BCUT2D eigenvalue weighted by Crippen LogP contribution is 2.29. The molecule has 0 aliphatic rings. The van der Waals surface area contributed by atoms with Gasteiger partial charge >= 0.3 is 5.97 Å². The van der Waals surface area contributed by atoms with Crippen LogP contribution in [0.3, 0.4) is 0 Å². The van der Waals surface area contributed by atoms with Gasteiger partial charge in [0.1, 0.15) is 5.75 Å². The quantitative estimate of drug-likeness (QED) is 0.357. The van der Waals surface area contributed by atoms with Crippen molar-refractivity contribution in [1.82, 2.24) is 0 Å². The molecular weight excluding hydrogens is 250 g/mol. The van der Waals surface area contributed by atoms with Crippen LogP contribution in [-0.4, -0.2) is 25.4 Å². The van der Waals surface area contributed by atoms with Gasteiger partial charge in [0, 0.05) is 10.6 Å². The summed E-state index contributed by atoms with van der Waals surface area (Å²) in [6.07, 6.45) is 1.92. The lowest BCUT2D eigenvalue weighted by Gasteiger charge is -2.08. The van der Waals surface area contributed by atoms with E-state index in [1.165, 1.54) is 11.8 Å². The molecule has 18 heavy (non-hydrogen) atoms. The third kappa shape index (κ3) is 4.87. The minimum absolute atomic E-state index is 0.212. The number of ether oxygens (including phenoxy) is 2. The minimum atomic E-state index is -0.212. The van der Waals surface area contributed by atoms with Crippen molar-refractivity contribution in [3.63, 3.8) is 0 Å². The van der Waals surface area contributed by atoms with Gasteiger partial charge in [0.25, 0.3) is 0 Å². The van der Waals surface area contributed by atoms with Crippen LogP contribution in [-0.2, 0) is 9.53 Å². The number of carbonyl (C=O) groups excluding carboxylic acids is 1. The second-order valence-electron chi connectivity index (χ2n) is 3.77. The number of methoxy groups -OCH3 is 1. The van der Waals surface area contributed by atoms with Crippen molar-refractivity contribution < 1.29 is 14.3 Å². The number of hydrogen-bond acceptors (Lipinski definition) is 5. The summed E-state index contributed by atoms with van der Waals surface area (Å²) >= 11 is 1.36. The molecule has 0 fully saturated rings. The Balaban J connectivity index is 2.45. The van der Waals surface area contributed by atoms with Crippen molar-refractivity contribution in [1.29, 1.82) is 0 Å². The zero-order valence-corrected chi connectivity index (χ0v) is 11.6. The average Bonchev–Trinajstić information content (AvgIpc) is 2.38. The Morgan fingerprint density at radius 3 is 2.89 bits per heavy atom. The summed E-state index contributed by atoms with van der Waals surface area (Å²) in [4.78, 5) is 12.3. The Morgan fingerprint density at radius 1 is 1.44 bits per heavy atom. The highest BCUT2D eigenvalue weighted by atomic mass is 32.2. The van der Waals surface area contributed by atoms with Crippen LogP contribution in [0.25, 0.3) is 0 Å². The molecule has 0 heterocycles. The van der Waals surface area contributed by atoms with Gasteiger partial charge in [-0.25, -0.2) is 0 Å². The molecule has 0 saturated carbocycles. The van der Waals surface area contributed by atoms with Gasteiger partial charge in [0.15, 0.2) is 0 Å². The largest absolute Gasteiger partial charge is 0.497 e. The van der Waals surface area contributed by atoms with E-state index in [1.54, 1.807) is 19.2 Å². The standard InChI is InChI=1S/C13H19NO3S/c1-3-4-7-17-13(15)9-18-12-8-10(16-2)5-6-11(12)14/h5-6,8H,3-4,7,9,14H2,1-2H3. The van der Waals surface area contributed by atoms with Crippen LogP contribution >= 0.6 is 11.8 Å². The summed E-state index contributed by atoms with van der Waals surface area (Å²) in [5, 5.41) is 0. The molecule has 5 heteroatoms. The van der Waals surface area contributed by atoms with Crippen LogP contribution in [0, 0.1) is 0 Å².